The van der Waals surface area contributed by atoms with Crippen molar-refractivity contribution in [3.05, 3.63) is 25.3 Å². The smallest absolute Gasteiger partial charge is 0.330 e. The van der Waals surface area contributed by atoms with Crippen molar-refractivity contribution in [1.29, 1.82) is 0 Å². The number of carbonyl (C=O) groups is 3. The van der Waals surface area contributed by atoms with Gasteiger partial charge in [-0.05, 0) is 6.42 Å². The fourth-order valence-electron chi connectivity index (χ4n) is 3.46. The van der Waals surface area contributed by atoms with Crippen LogP contribution in [-0.4, -0.2) is 37.2 Å². The van der Waals surface area contributed by atoms with Crippen LogP contribution in [0.3, 0.4) is 0 Å². The van der Waals surface area contributed by atoms with Crippen LogP contribution >= 0.6 is 0 Å². The maximum Gasteiger partial charge on any atom is 0.330 e. The molecule has 1 unspecified atom stereocenters. The number of unbranched alkanes of at least 4 members (excludes halogenated alkanes) is 14. The minimum Gasteiger partial charge on any atom is -0.462 e. The molecule has 33 heavy (non-hydrogen) atoms. The number of carbonyl (C=O) groups excluding carboxylic acids is 3. The van der Waals surface area contributed by atoms with Crippen LogP contribution in [0.2, 0.25) is 0 Å². The summed E-state index contributed by atoms with van der Waals surface area (Å²) in [5.74, 6) is -1.66. The predicted octanol–water partition coefficient (Wildman–Crippen LogP) is 6.62. The van der Waals surface area contributed by atoms with E-state index in [2.05, 4.69) is 20.1 Å². The maximum atomic E-state index is 11.9. The first kappa shape index (κ1) is 30.9. The zero-order valence-electron chi connectivity index (χ0n) is 20.8. The van der Waals surface area contributed by atoms with E-state index in [1.807, 2.05) is 0 Å². The van der Waals surface area contributed by atoms with Gasteiger partial charge < -0.3 is 14.2 Å². The van der Waals surface area contributed by atoms with Crippen LogP contribution in [-0.2, 0) is 28.6 Å². The van der Waals surface area contributed by atoms with Crippen molar-refractivity contribution < 1.29 is 28.6 Å². The van der Waals surface area contributed by atoms with Crippen molar-refractivity contribution in [3.8, 4) is 0 Å². The topological polar surface area (TPSA) is 78.9 Å². The van der Waals surface area contributed by atoms with Crippen molar-refractivity contribution in [1.82, 2.24) is 0 Å². The summed E-state index contributed by atoms with van der Waals surface area (Å²) in [7, 11) is 0. The lowest BCUT2D eigenvalue weighted by Crippen LogP contribution is -2.30. The Morgan fingerprint density at radius 2 is 1.06 bits per heavy atom. The van der Waals surface area contributed by atoms with Gasteiger partial charge in [0.15, 0.2) is 6.10 Å². The summed E-state index contributed by atoms with van der Waals surface area (Å²) < 4.78 is 15.1. The third-order valence-electron chi connectivity index (χ3n) is 5.44. The largest absolute Gasteiger partial charge is 0.462 e. The van der Waals surface area contributed by atoms with E-state index in [-0.39, 0.29) is 19.2 Å². The van der Waals surface area contributed by atoms with Crippen molar-refractivity contribution in [2.24, 2.45) is 0 Å². The molecule has 6 heteroatoms. The average molecular weight is 467 g/mol. The molecule has 0 heterocycles. The molecule has 0 spiro atoms. The highest BCUT2D eigenvalue weighted by molar-refractivity contribution is 5.82. The first-order valence-electron chi connectivity index (χ1n) is 12.8. The highest BCUT2D eigenvalue weighted by Gasteiger charge is 2.17. The van der Waals surface area contributed by atoms with E-state index in [9.17, 15) is 14.4 Å². The third-order valence-corrected chi connectivity index (χ3v) is 5.44. The molecule has 0 rings (SSSR count). The number of hydrogen-bond acceptors (Lipinski definition) is 6. The standard InChI is InChI=1S/C27H46O6/c1-4-7-8-9-10-11-12-13-14-15-16-17-18-19-20-21-27(30)32-23-24(33-26(29)6-3)22-31-25(28)5-2/h5-6,24H,2-4,7-23H2,1H3. The fraction of sp³-hybridized carbons (Fsp3) is 0.741. The van der Waals surface area contributed by atoms with Gasteiger partial charge in [-0.3, -0.25) is 4.79 Å². The maximum absolute atomic E-state index is 11.9. The highest BCUT2D eigenvalue weighted by atomic mass is 16.6. The summed E-state index contributed by atoms with van der Waals surface area (Å²) in [4.78, 5) is 34.5. The predicted molar refractivity (Wildman–Crippen MR) is 132 cm³/mol. The van der Waals surface area contributed by atoms with Crippen molar-refractivity contribution in [3.63, 3.8) is 0 Å². The van der Waals surface area contributed by atoms with Crippen LogP contribution in [0.25, 0.3) is 0 Å². The van der Waals surface area contributed by atoms with Crippen LogP contribution in [0.1, 0.15) is 110 Å². The molecular weight excluding hydrogens is 420 g/mol. The zero-order valence-corrected chi connectivity index (χ0v) is 20.8. The Kier molecular flexibility index (Phi) is 21.6. The SMILES string of the molecule is C=CC(=O)OCC(COC(=O)CCCCCCCCCCCCCCCCC)OC(=O)C=C. The molecule has 0 amide bonds. The third kappa shape index (κ3) is 21.5. The minimum atomic E-state index is -0.871. The van der Waals surface area contributed by atoms with Crippen molar-refractivity contribution >= 4 is 17.9 Å². The molecule has 0 fully saturated rings. The lowest BCUT2D eigenvalue weighted by Gasteiger charge is -2.16. The van der Waals surface area contributed by atoms with Crippen LogP contribution in [0.4, 0.5) is 0 Å². The van der Waals surface area contributed by atoms with Crippen LogP contribution < -0.4 is 0 Å². The van der Waals surface area contributed by atoms with Crippen LogP contribution in [0, 0.1) is 0 Å². The molecule has 0 aliphatic rings. The molecule has 6 nitrogen and oxygen atoms in total. The van der Waals surface area contributed by atoms with E-state index in [0.717, 1.165) is 31.4 Å². The first-order chi connectivity index (χ1) is 16.0. The summed E-state index contributed by atoms with van der Waals surface area (Å²) in [5, 5.41) is 0. The van der Waals surface area contributed by atoms with Crippen molar-refractivity contribution in [2.45, 2.75) is 116 Å². The minimum absolute atomic E-state index is 0.165. The second-order valence-electron chi connectivity index (χ2n) is 8.48. The van der Waals surface area contributed by atoms with E-state index >= 15 is 0 Å². The molecular formula is C27H46O6. The second-order valence-corrected chi connectivity index (χ2v) is 8.48. The molecule has 0 N–H and O–H groups in total. The van der Waals surface area contributed by atoms with Crippen molar-refractivity contribution in [2.75, 3.05) is 13.2 Å². The molecule has 0 saturated heterocycles. The van der Waals surface area contributed by atoms with E-state index in [4.69, 9.17) is 14.2 Å². The highest BCUT2D eigenvalue weighted by Crippen LogP contribution is 2.14. The van der Waals surface area contributed by atoms with E-state index < -0.39 is 18.0 Å². The Morgan fingerprint density at radius 3 is 1.52 bits per heavy atom. The quantitative estimate of drug-likeness (QED) is 0.0729. The van der Waals surface area contributed by atoms with Gasteiger partial charge in [-0.2, -0.15) is 0 Å². The summed E-state index contributed by atoms with van der Waals surface area (Å²) >= 11 is 0. The van der Waals surface area contributed by atoms with Gasteiger partial charge in [-0.25, -0.2) is 9.59 Å². The molecule has 0 bridgehead atoms. The summed E-state index contributed by atoms with van der Waals surface area (Å²) in [6, 6.07) is 0. The normalized spacial score (nSPS) is 11.4. The Morgan fingerprint density at radius 1 is 0.636 bits per heavy atom. The number of esters is 3. The lowest BCUT2D eigenvalue weighted by atomic mass is 10.0. The number of rotatable bonds is 23. The molecule has 190 valence electrons. The van der Waals surface area contributed by atoms with Gasteiger partial charge in [0.25, 0.3) is 0 Å². The Labute approximate surface area is 201 Å². The van der Waals surface area contributed by atoms with E-state index in [1.54, 1.807) is 0 Å². The molecule has 0 aromatic carbocycles. The Balaban J connectivity index is 3.65. The summed E-state index contributed by atoms with van der Waals surface area (Å²) in [6.07, 6.45) is 20.5. The van der Waals surface area contributed by atoms with E-state index in [1.165, 1.54) is 77.0 Å². The van der Waals surface area contributed by atoms with E-state index in [0.29, 0.717) is 6.42 Å². The zero-order chi connectivity index (χ0) is 24.6. The average Bonchev–Trinajstić information content (AvgIpc) is 2.82. The van der Waals surface area contributed by atoms with Gasteiger partial charge in [-0.1, -0.05) is 110 Å². The van der Waals surface area contributed by atoms with Gasteiger partial charge >= 0.3 is 17.9 Å². The van der Waals surface area contributed by atoms with Gasteiger partial charge in [0.1, 0.15) is 13.2 Å². The van der Waals surface area contributed by atoms with Crippen LogP contribution in [0.5, 0.6) is 0 Å². The molecule has 1 atom stereocenters. The van der Waals surface area contributed by atoms with Gasteiger partial charge in [-0.15, -0.1) is 0 Å². The summed E-state index contributed by atoms with van der Waals surface area (Å²) in [5.41, 5.74) is 0. The molecule has 0 aromatic rings. The number of ether oxygens (including phenoxy) is 3. The van der Waals surface area contributed by atoms with Gasteiger partial charge in [0.2, 0.25) is 0 Å². The Bertz CT molecular complexity index is 543. The molecule has 0 radical (unpaired) electrons. The molecule has 0 aliphatic heterocycles. The summed E-state index contributed by atoms with van der Waals surface area (Å²) in [6.45, 7) is 8.49. The number of hydrogen-bond donors (Lipinski definition) is 0. The van der Waals surface area contributed by atoms with Crippen LogP contribution in [0.15, 0.2) is 25.3 Å². The Hall–Kier alpha value is -2.11. The first-order valence-corrected chi connectivity index (χ1v) is 12.8. The van der Waals surface area contributed by atoms with Gasteiger partial charge in [0.05, 0.1) is 0 Å². The molecule has 0 aromatic heterocycles. The van der Waals surface area contributed by atoms with Gasteiger partial charge in [0, 0.05) is 18.6 Å². The molecule has 0 saturated carbocycles. The fourth-order valence-corrected chi connectivity index (χ4v) is 3.46. The molecule has 0 aliphatic carbocycles. The lowest BCUT2D eigenvalue weighted by molar-refractivity contribution is -0.162. The second kappa shape index (κ2) is 23.1. The monoisotopic (exact) mass is 466 g/mol.